The maximum Gasteiger partial charge on any atom is 0.231 e. The number of aryl methyl sites for hydroxylation is 1. The highest BCUT2D eigenvalue weighted by molar-refractivity contribution is 5.76. The van der Waals surface area contributed by atoms with Crippen molar-refractivity contribution < 1.29 is 18.8 Å². The van der Waals surface area contributed by atoms with Crippen molar-refractivity contribution >= 4 is 5.91 Å². The lowest BCUT2D eigenvalue weighted by atomic mass is 9.93. The number of benzene rings is 2. The monoisotopic (exact) mass is 447 g/mol. The fraction of sp³-hybridized carbons (Fsp3) is 0.423. The minimum absolute atomic E-state index is 0.210. The van der Waals surface area contributed by atoms with Crippen molar-refractivity contribution in [2.24, 2.45) is 0 Å². The van der Waals surface area contributed by atoms with Gasteiger partial charge in [-0.05, 0) is 43.0 Å². The highest BCUT2D eigenvalue weighted by Crippen LogP contribution is 2.35. The summed E-state index contributed by atoms with van der Waals surface area (Å²) in [5, 5.41) is 4.14. The van der Waals surface area contributed by atoms with Gasteiger partial charge in [0, 0.05) is 31.0 Å². The molecule has 33 heavy (non-hydrogen) atoms. The molecule has 1 aliphatic carbocycles. The number of rotatable bonds is 8. The van der Waals surface area contributed by atoms with Crippen LogP contribution in [0.5, 0.6) is 11.5 Å². The minimum Gasteiger partial charge on any atom is -0.454 e. The van der Waals surface area contributed by atoms with Crippen molar-refractivity contribution in [3.8, 4) is 22.9 Å². The third-order valence-corrected chi connectivity index (χ3v) is 6.47. The zero-order chi connectivity index (χ0) is 22.5. The van der Waals surface area contributed by atoms with Gasteiger partial charge in [0.25, 0.3) is 0 Å². The largest absolute Gasteiger partial charge is 0.454 e. The third kappa shape index (κ3) is 5.18. The van der Waals surface area contributed by atoms with Crippen LogP contribution in [0.25, 0.3) is 11.4 Å². The van der Waals surface area contributed by atoms with Crippen LogP contribution in [0.3, 0.4) is 0 Å². The molecule has 0 saturated heterocycles. The second-order valence-corrected chi connectivity index (χ2v) is 8.69. The molecule has 0 unspecified atom stereocenters. The molecule has 2 heterocycles. The van der Waals surface area contributed by atoms with Crippen molar-refractivity contribution in [1.29, 1.82) is 0 Å². The maximum absolute atomic E-state index is 13.2. The number of aromatic nitrogens is 2. The summed E-state index contributed by atoms with van der Waals surface area (Å²) in [6, 6.07) is 16.1. The van der Waals surface area contributed by atoms with Crippen molar-refractivity contribution in [3.63, 3.8) is 0 Å². The van der Waals surface area contributed by atoms with E-state index in [1.165, 1.54) is 24.8 Å². The summed E-state index contributed by atoms with van der Waals surface area (Å²) in [6.07, 6.45) is 7.59. The van der Waals surface area contributed by atoms with Gasteiger partial charge in [0.1, 0.15) is 0 Å². The summed E-state index contributed by atoms with van der Waals surface area (Å²) in [4.78, 5) is 19.8. The molecule has 3 aromatic rings. The summed E-state index contributed by atoms with van der Waals surface area (Å²) in [7, 11) is 0. The number of amides is 1. The van der Waals surface area contributed by atoms with Crippen molar-refractivity contribution in [2.45, 2.75) is 57.4 Å². The van der Waals surface area contributed by atoms with E-state index in [1.807, 2.05) is 36.4 Å². The number of carbonyl (C=O) groups excluding carboxylic acids is 1. The molecular formula is C26H29N3O4. The van der Waals surface area contributed by atoms with Crippen LogP contribution in [0, 0.1) is 0 Å². The first-order valence-electron chi connectivity index (χ1n) is 11.8. The van der Waals surface area contributed by atoms with E-state index >= 15 is 0 Å². The Morgan fingerprint density at radius 2 is 1.79 bits per heavy atom. The molecule has 1 amide bonds. The molecule has 0 bridgehead atoms. The molecule has 5 rings (SSSR count). The van der Waals surface area contributed by atoms with Gasteiger partial charge in [-0.2, -0.15) is 4.98 Å². The Balaban J connectivity index is 1.24. The van der Waals surface area contributed by atoms with Crippen molar-refractivity contribution in [3.05, 3.63) is 60.0 Å². The Kier molecular flexibility index (Phi) is 6.56. The van der Waals surface area contributed by atoms with E-state index in [1.54, 1.807) is 0 Å². The van der Waals surface area contributed by atoms with Crippen LogP contribution in [0.2, 0.25) is 0 Å². The molecule has 1 fully saturated rings. The topological polar surface area (TPSA) is 77.7 Å². The molecule has 7 heteroatoms. The highest BCUT2D eigenvalue weighted by atomic mass is 16.7. The third-order valence-electron chi connectivity index (χ3n) is 6.47. The quantitative estimate of drug-likeness (QED) is 0.494. The second kappa shape index (κ2) is 10.1. The van der Waals surface area contributed by atoms with E-state index < -0.39 is 0 Å². The number of ether oxygens (including phenoxy) is 2. The average molecular weight is 448 g/mol. The summed E-state index contributed by atoms with van der Waals surface area (Å²) in [6.45, 7) is 0.826. The van der Waals surface area contributed by atoms with Gasteiger partial charge in [-0.3, -0.25) is 4.79 Å². The second-order valence-electron chi connectivity index (χ2n) is 8.69. The molecule has 2 aromatic carbocycles. The fourth-order valence-electron chi connectivity index (χ4n) is 4.67. The summed E-state index contributed by atoms with van der Waals surface area (Å²) in [5.41, 5.74) is 2.01. The Hall–Kier alpha value is -3.35. The standard InChI is InChI=1S/C26H29N3O4/c30-25(14-11-19-7-3-1-4-8-19)29(21-9-5-2-6-10-21)16-15-24-27-26(28-33-24)20-12-13-22-23(17-20)32-18-31-22/h1,3-4,7-8,12-13,17,21H,2,5-6,9-11,14-16,18H2. The smallest absolute Gasteiger partial charge is 0.231 e. The van der Waals surface area contributed by atoms with Crippen LogP contribution >= 0.6 is 0 Å². The van der Waals surface area contributed by atoms with Crippen molar-refractivity contribution in [1.82, 2.24) is 15.0 Å². The summed E-state index contributed by atoms with van der Waals surface area (Å²) < 4.78 is 16.3. The first-order chi connectivity index (χ1) is 16.3. The Morgan fingerprint density at radius 3 is 2.64 bits per heavy atom. The summed E-state index contributed by atoms with van der Waals surface area (Å²) in [5.74, 6) is 2.68. The predicted molar refractivity (Wildman–Crippen MR) is 123 cm³/mol. The van der Waals surface area contributed by atoms with Crippen LogP contribution in [0.15, 0.2) is 53.1 Å². The molecule has 0 radical (unpaired) electrons. The highest BCUT2D eigenvalue weighted by Gasteiger charge is 2.26. The van der Waals surface area contributed by atoms with Gasteiger partial charge in [0.05, 0.1) is 0 Å². The lowest BCUT2D eigenvalue weighted by Gasteiger charge is -2.34. The molecule has 7 nitrogen and oxygen atoms in total. The molecule has 0 N–H and O–H groups in total. The van der Waals surface area contributed by atoms with E-state index in [0.717, 1.165) is 30.6 Å². The van der Waals surface area contributed by atoms with Gasteiger partial charge >= 0.3 is 0 Å². The minimum atomic E-state index is 0.210. The van der Waals surface area contributed by atoms with E-state index in [9.17, 15) is 4.79 Å². The van der Waals surface area contributed by atoms with Crippen LogP contribution in [-0.2, 0) is 17.6 Å². The fourth-order valence-corrected chi connectivity index (χ4v) is 4.67. The summed E-state index contributed by atoms with van der Waals surface area (Å²) >= 11 is 0. The zero-order valence-corrected chi connectivity index (χ0v) is 18.7. The molecule has 0 atom stereocenters. The first kappa shape index (κ1) is 21.5. The van der Waals surface area contributed by atoms with Crippen LogP contribution < -0.4 is 9.47 Å². The molecule has 1 aromatic heterocycles. The molecule has 2 aliphatic rings. The molecule has 1 aliphatic heterocycles. The van der Waals surface area contributed by atoms with E-state index in [-0.39, 0.29) is 12.7 Å². The normalized spacial score (nSPS) is 15.5. The van der Waals surface area contributed by atoms with Gasteiger partial charge in [-0.15, -0.1) is 0 Å². The van der Waals surface area contributed by atoms with Crippen LogP contribution in [0.1, 0.15) is 50.0 Å². The SMILES string of the molecule is O=C(CCc1ccccc1)N(CCc1nc(-c2ccc3c(c2)OCO3)no1)C1CCCCC1. The molecular weight excluding hydrogens is 418 g/mol. The van der Waals surface area contributed by atoms with Crippen molar-refractivity contribution in [2.75, 3.05) is 13.3 Å². The zero-order valence-electron chi connectivity index (χ0n) is 18.7. The van der Waals surface area contributed by atoms with E-state index in [4.69, 9.17) is 14.0 Å². The van der Waals surface area contributed by atoms with Gasteiger partial charge in [0.15, 0.2) is 11.5 Å². The molecule has 172 valence electrons. The number of carbonyl (C=O) groups is 1. The Bertz CT molecular complexity index is 1080. The van der Waals surface area contributed by atoms with Crippen LogP contribution in [0.4, 0.5) is 0 Å². The maximum atomic E-state index is 13.2. The van der Waals surface area contributed by atoms with Crippen LogP contribution in [-0.4, -0.2) is 40.3 Å². The van der Waals surface area contributed by atoms with Gasteiger partial charge in [-0.25, -0.2) is 0 Å². The lowest BCUT2D eigenvalue weighted by molar-refractivity contribution is -0.134. The molecule has 0 spiro atoms. The number of fused-ring (bicyclic) bond motifs is 1. The lowest BCUT2D eigenvalue weighted by Crippen LogP contribution is -2.42. The van der Waals surface area contributed by atoms with Gasteiger partial charge in [0.2, 0.25) is 24.4 Å². The first-order valence-corrected chi connectivity index (χ1v) is 11.8. The van der Waals surface area contributed by atoms with Gasteiger partial charge < -0.3 is 18.9 Å². The number of hydrogen-bond acceptors (Lipinski definition) is 6. The average Bonchev–Trinajstić information content (AvgIpc) is 3.53. The number of hydrogen-bond donors (Lipinski definition) is 0. The van der Waals surface area contributed by atoms with E-state index in [2.05, 4.69) is 27.2 Å². The Morgan fingerprint density at radius 1 is 0.970 bits per heavy atom. The number of nitrogens with zero attached hydrogens (tertiary/aromatic N) is 3. The van der Waals surface area contributed by atoms with E-state index in [0.29, 0.717) is 42.9 Å². The van der Waals surface area contributed by atoms with Gasteiger partial charge in [-0.1, -0.05) is 54.8 Å². The Labute approximate surface area is 193 Å². The molecule has 1 saturated carbocycles. The predicted octanol–water partition coefficient (Wildman–Crippen LogP) is 4.80.